The molecule has 43 heavy (non-hydrogen) atoms. The van der Waals surface area contributed by atoms with E-state index in [2.05, 4.69) is 47.5 Å². The molecule has 0 radical (unpaired) electrons. The van der Waals surface area contributed by atoms with E-state index in [1.165, 1.54) is 7.11 Å². The number of aromatic hydroxyl groups is 2. The number of aromatic nitrogens is 1. The van der Waals surface area contributed by atoms with Gasteiger partial charge in [-0.25, -0.2) is 0 Å². The molecular weight excluding hydrogens is 546 g/mol. The number of nitrogens with one attached hydrogen (secondary N) is 1. The van der Waals surface area contributed by atoms with Crippen LogP contribution in [-0.2, 0) is 6.42 Å². The maximum Gasteiger partial charge on any atom is 0.204 e. The van der Waals surface area contributed by atoms with Gasteiger partial charge in [0, 0.05) is 41.6 Å². The van der Waals surface area contributed by atoms with Crippen molar-refractivity contribution in [1.82, 2.24) is 4.98 Å². The van der Waals surface area contributed by atoms with Gasteiger partial charge in [-0.05, 0) is 58.1 Å². The van der Waals surface area contributed by atoms with Crippen LogP contribution in [-0.4, -0.2) is 46.4 Å². The van der Waals surface area contributed by atoms with Crippen molar-refractivity contribution in [2.75, 3.05) is 20.3 Å². The molecule has 1 aromatic heterocycles. The quantitative estimate of drug-likeness (QED) is 0.154. The standard InChI is InChI=1S/C35H31NO7/c1-41-35-32(40)26(16-20-6-7-21-17-27-24(12-13-36-27)25-5-2-4-23(20)30(21)25)33-31(34(35)42-15-3-14-37)28(39)18-29(43-33)19-8-10-22(38)11-9-19/h2,4-13,17,20,29,36-38,40H,3,14-16,18H2,1H3/t20-,29?/m0/s1. The smallest absolute Gasteiger partial charge is 0.204 e. The van der Waals surface area contributed by atoms with E-state index >= 15 is 0 Å². The van der Waals surface area contributed by atoms with E-state index < -0.39 is 6.10 Å². The lowest BCUT2D eigenvalue weighted by Crippen LogP contribution is -2.23. The van der Waals surface area contributed by atoms with Crippen molar-refractivity contribution < 1.29 is 34.3 Å². The Labute approximate surface area is 247 Å². The minimum atomic E-state index is -0.620. The minimum absolute atomic E-state index is 0.0458. The number of hydrogen-bond donors (Lipinski definition) is 4. The van der Waals surface area contributed by atoms with E-state index in [9.17, 15) is 20.1 Å². The summed E-state index contributed by atoms with van der Waals surface area (Å²) in [6, 6.07) is 17.1. The molecule has 1 unspecified atom stereocenters. The highest BCUT2D eigenvalue weighted by Gasteiger charge is 2.38. The molecule has 0 saturated heterocycles. The summed E-state index contributed by atoms with van der Waals surface area (Å²) in [5.74, 6) is 0.0814. The van der Waals surface area contributed by atoms with Crippen LogP contribution in [0, 0.1) is 0 Å². The topological polar surface area (TPSA) is 121 Å². The molecule has 4 aromatic carbocycles. The van der Waals surface area contributed by atoms with Crippen molar-refractivity contribution in [3.05, 3.63) is 94.7 Å². The first-order chi connectivity index (χ1) is 21.0. The fraction of sp³-hybridized carbons (Fsp3) is 0.229. The van der Waals surface area contributed by atoms with Gasteiger partial charge < -0.3 is 34.5 Å². The number of rotatable bonds is 8. The lowest BCUT2D eigenvalue weighted by Gasteiger charge is -2.31. The van der Waals surface area contributed by atoms with Crippen LogP contribution in [0.2, 0.25) is 0 Å². The molecule has 2 heterocycles. The summed E-state index contributed by atoms with van der Waals surface area (Å²) < 4.78 is 18.1. The Morgan fingerprint density at radius 3 is 2.67 bits per heavy atom. The van der Waals surface area contributed by atoms with Crippen LogP contribution >= 0.6 is 0 Å². The molecule has 2 atom stereocenters. The molecule has 0 fully saturated rings. The summed E-state index contributed by atoms with van der Waals surface area (Å²) in [7, 11) is 1.43. The molecule has 0 spiro atoms. The van der Waals surface area contributed by atoms with Crippen molar-refractivity contribution in [3.8, 4) is 28.7 Å². The zero-order valence-electron chi connectivity index (χ0n) is 23.6. The Kier molecular flexibility index (Phi) is 6.70. The van der Waals surface area contributed by atoms with Gasteiger partial charge in [-0.2, -0.15) is 0 Å². The number of aliphatic hydroxyl groups excluding tert-OH is 1. The number of aliphatic hydroxyl groups is 1. The maximum atomic E-state index is 13.8. The van der Waals surface area contributed by atoms with Crippen LogP contribution < -0.4 is 14.2 Å². The number of H-pyrrole nitrogens is 1. The third-order valence-corrected chi connectivity index (χ3v) is 8.45. The summed E-state index contributed by atoms with van der Waals surface area (Å²) in [4.78, 5) is 17.1. The summed E-state index contributed by atoms with van der Waals surface area (Å²) >= 11 is 0. The fourth-order valence-electron chi connectivity index (χ4n) is 6.43. The first kappa shape index (κ1) is 26.9. The van der Waals surface area contributed by atoms with E-state index in [0.717, 1.165) is 38.4 Å². The molecule has 1 aliphatic heterocycles. The Balaban J connectivity index is 1.37. The molecule has 1 aliphatic carbocycles. The Hall–Kier alpha value is -4.95. The monoisotopic (exact) mass is 577 g/mol. The number of ketones is 1. The van der Waals surface area contributed by atoms with E-state index in [1.54, 1.807) is 24.3 Å². The van der Waals surface area contributed by atoms with Crippen LogP contribution in [0.15, 0.2) is 66.9 Å². The van der Waals surface area contributed by atoms with Gasteiger partial charge in [-0.15, -0.1) is 0 Å². The van der Waals surface area contributed by atoms with Gasteiger partial charge in [0.1, 0.15) is 23.2 Å². The molecule has 218 valence electrons. The number of benzene rings is 4. The molecule has 8 nitrogen and oxygen atoms in total. The van der Waals surface area contributed by atoms with Crippen LogP contribution in [0.25, 0.3) is 27.8 Å². The fourth-order valence-corrected chi connectivity index (χ4v) is 6.43. The van der Waals surface area contributed by atoms with Crippen molar-refractivity contribution in [2.24, 2.45) is 0 Å². The van der Waals surface area contributed by atoms with Crippen LogP contribution in [0.1, 0.15) is 57.5 Å². The number of Topliss-reactive ketones (excluding diaryl/α,β-unsaturated/α-hetero) is 1. The van der Waals surface area contributed by atoms with Crippen molar-refractivity contribution in [2.45, 2.75) is 31.3 Å². The van der Waals surface area contributed by atoms with E-state index in [-0.39, 0.29) is 65.6 Å². The third-order valence-electron chi connectivity index (χ3n) is 8.45. The number of aromatic amines is 1. The lowest BCUT2D eigenvalue weighted by molar-refractivity contribution is 0.0837. The number of carbonyl (C=O) groups is 1. The van der Waals surface area contributed by atoms with Crippen molar-refractivity contribution in [3.63, 3.8) is 0 Å². The van der Waals surface area contributed by atoms with Crippen molar-refractivity contribution >= 4 is 33.5 Å². The van der Waals surface area contributed by atoms with E-state index in [0.29, 0.717) is 18.4 Å². The Bertz CT molecular complexity index is 1900. The maximum absolute atomic E-state index is 13.8. The van der Waals surface area contributed by atoms with Gasteiger partial charge in [0.05, 0.1) is 20.1 Å². The summed E-state index contributed by atoms with van der Waals surface area (Å²) in [5, 5.41) is 34.3. The van der Waals surface area contributed by atoms with Crippen LogP contribution in [0.3, 0.4) is 0 Å². The first-order valence-electron chi connectivity index (χ1n) is 14.4. The van der Waals surface area contributed by atoms with Gasteiger partial charge in [0.25, 0.3) is 0 Å². The Morgan fingerprint density at radius 1 is 1.05 bits per heavy atom. The SMILES string of the molecule is COc1c(O)c(C[C@@H]2C=Cc3cc4[nH]ccc4c4cccc2c34)c2c(c1OCCCO)C(=O)CC(c1ccc(O)cc1)O2. The van der Waals surface area contributed by atoms with Gasteiger partial charge in [-0.3, -0.25) is 4.79 Å². The molecule has 5 aromatic rings. The van der Waals surface area contributed by atoms with Crippen LogP contribution in [0.5, 0.6) is 28.7 Å². The molecule has 8 heteroatoms. The van der Waals surface area contributed by atoms with Gasteiger partial charge in [0.2, 0.25) is 5.75 Å². The van der Waals surface area contributed by atoms with Crippen molar-refractivity contribution in [1.29, 1.82) is 0 Å². The largest absolute Gasteiger partial charge is 0.508 e. The van der Waals surface area contributed by atoms with Gasteiger partial charge >= 0.3 is 0 Å². The lowest BCUT2D eigenvalue weighted by atomic mass is 9.81. The Morgan fingerprint density at radius 2 is 1.88 bits per heavy atom. The second-order valence-electron chi connectivity index (χ2n) is 11.0. The molecule has 0 saturated carbocycles. The third kappa shape index (κ3) is 4.46. The predicted octanol–water partition coefficient (Wildman–Crippen LogP) is 6.56. The zero-order valence-corrected chi connectivity index (χ0v) is 23.6. The van der Waals surface area contributed by atoms with E-state index in [1.807, 2.05) is 6.20 Å². The normalized spacial score (nSPS) is 17.2. The number of fused-ring (bicyclic) bond motifs is 3. The molecule has 0 amide bonds. The molecule has 4 N–H and O–H groups in total. The number of phenolic OH excluding ortho intramolecular Hbond substituents is 2. The van der Waals surface area contributed by atoms with Crippen LogP contribution in [0.4, 0.5) is 0 Å². The predicted molar refractivity (Wildman–Crippen MR) is 164 cm³/mol. The summed E-state index contributed by atoms with van der Waals surface area (Å²) in [6.07, 6.45) is 6.29. The average molecular weight is 578 g/mol. The second kappa shape index (κ2) is 10.7. The molecule has 0 bridgehead atoms. The van der Waals surface area contributed by atoms with E-state index in [4.69, 9.17) is 14.2 Å². The number of phenols is 2. The number of ether oxygens (including phenoxy) is 3. The molecule has 2 aliphatic rings. The minimum Gasteiger partial charge on any atom is -0.508 e. The summed E-state index contributed by atoms with van der Waals surface area (Å²) in [6.45, 7) is 0.0442. The number of allylic oxidation sites excluding steroid dienone is 1. The van der Waals surface area contributed by atoms with Gasteiger partial charge in [-0.1, -0.05) is 42.5 Å². The highest BCUT2D eigenvalue weighted by Crippen LogP contribution is 2.54. The zero-order chi connectivity index (χ0) is 29.7. The summed E-state index contributed by atoms with van der Waals surface area (Å²) in [5.41, 5.74) is 4.72. The molecular formula is C35H31NO7. The first-order valence-corrected chi connectivity index (χ1v) is 14.4. The highest BCUT2D eigenvalue weighted by molar-refractivity contribution is 6.12. The average Bonchev–Trinajstić information content (AvgIpc) is 3.49. The number of methoxy groups -OCH3 is 1. The highest BCUT2D eigenvalue weighted by atomic mass is 16.5. The number of carbonyl (C=O) groups excluding carboxylic acids is 1. The second-order valence-corrected chi connectivity index (χ2v) is 11.0. The number of hydrogen-bond acceptors (Lipinski definition) is 7. The molecule has 7 rings (SSSR count). The van der Waals surface area contributed by atoms with Gasteiger partial charge in [0.15, 0.2) is 17.3 Å².